The molecule has 1 amide bonds. The van der Waals surface area contributed by atoms with Gasteiger partial charge in [0.1, 0.15) is 43.6 Å². The Morgan fingerprint density at radius 1 is 0.851 bits per heavy atom. The second-order valence-corrected chi connectivity index (χ2v) is 16.2. The van der Waals surface area contributed by atoms with Crippen molar-refractivity contribution in [3.63, 3.8) is 0 Å². The van der Waals surface area contributed by atoms with Crippen LogP contribution in [0.25, 0.3) is 22.3 Å². The molecule has 0 spiro atoms. The fourth-order valence-electron chi connectivity index (χ4n) is 5.34. The molecule has 20 nitrogen and oxygen atoms in total. The van der Waals surface area contributed by atoms with Gasteiger partial charge in [0, 0.05) is 0 Å². The number of ether oxygens (including phenoxy) is 2. The van der Waals surface area contributed by atoms with Gasteiger partial charge in [-0.25, -0.2) is 43.5 Å². The maximum absolute atomic E-state index is 16.0. The maximum atomic E-state index is 16.0. The van der Waals surface area contributed by atoms with Crippen LogP contribution < -0.4 is 11.1 Å². The average Bonchev–Trinajstić information content (AvgIpc) is 3.76. The highest BCUT2D eigenvalue weighted by Gasteiger charge is 2.60. The van der Waals surface area contributed by atoms with Crippen molar-refractivity contribution in [3.05, 3.63) is 25.3 Å². The van der Waals surface area contributed by atoms with Gasteiger partial charge in [-0.3, -0.25) is 14.5 Å². The van der Waals surface area contributed by atoms with Gasteiger partial charge < -0.3 is 20.3 Å². The van der Waals surface area contributed by atoms with Crippen molar-refractivity contribution in [1.82, 2.24) is 39.0 Å². The number of thiol groups is 2. The van der Waals surface area contributed by atoms with Crippen LogP contribution in [0.15, 0.2) is 25.3 Å². The van der Waals surface area contributed by atoms with Crippen molar-refractivity contribution < 1.29 is 56.0 Å². The molecule has 26 heteroatoms. The fraction of sp³-hybridized carbons (Fsp3) is 0.476. The second-order valence-electron chi connectivity index (χ2n) is 10.3. The van der Waals surface area contributed by atoms with E-state index >= 15 is 8.78 Å². The first-order chi connectivity index (χ1) is 22.3. The quantitative estimate of drug-likeness (QED) is 0.117. The predicted molar refractivity (Wildman–Crippen MR) is 162 cm³/mol. The van der Waals surface area contributed by atoms with E-state index in [9.17, 15) is 14.6 Å². The molecule has 3 saturated heterocycles. The lowest BCUT2D eigenvalue weighted by molar-refractivity contribution is -0.0614. The third kappa shape index (κ3) is 6.17. The van der Waals surface area contributed by atoms with Crippen molar-refractivity contribution in [3.8, 4) is 0 Å². The van der Waals surface area contributed by atoms with Crippen LogP contribution in [0.4, 0.5) is 25.2 Å². The Balaban J connectivity index is 1.20. The Bertz CT molecular complexity index is 1830. The van der Waals surface area contributed by atoms with Gasteiger partial charge in [0.25, 0.3) is 0 Å². The molecule has 6 N–H and O–H groups in total. The van der Waals surface area contributed by atoms with Crippen molar-refractivity contribution in [2.45, 2.75) is 49.2 Å². The summed E-state index contributed by atoms with van der Waals surface area (Å²) < 4.78 is 68.6. The zero-order valence-corrected chi connectivity index (χ0v) is 26.8. The standard InChI is InChI=1S/C21H22F2N10O10P2S2/c22-9-7-1-38-45(37,47)43-14-10(23)8(41-20(14)33-6-30-12-16(31-21(34)35)26-4-28-18(12)33)2-39-44(36,46)42-13(9)19(40-7)32-5-29-11-15(24)25-3-27-17(11)32/h3-10,13-14,19-20,36-37,46-47H,1-2H2,(H2-2,24,25,26,27,28,31,34,35)/p+2/t7-,8-,9-,10-,13-,14-,19-,20-,44?,45?/m1/s1. The fourth-order valence-corrected chi connectivity index (χ4v) is 8.27. The smallest absolute Gasteiger partial charge is 0.465 e. The highest BCUT2D eigenvalue weighted by molar-refractivity contribution is 8.47. The molecule has 10 atom stereocenters. The van der Waals surface area contributed by atoms with E-state index in [0.29, 0.717) is 0 Å². The molecule has 252 valence electrons. The first kappa shape index (κ1) is 32.8. The summed E-state index contributed by atoms with van der Waals surface area (Å²) in [5.41, 5.74) is 6.23. The van der Waals surface area contributed by atoms with E-state index in [-0.39, 0.29) is 34.0 Å². The largest absolute Gasteiger partial charge is 0.476 e. The lowest BCUT2D eigenvalue weighted by atomic mass is 10.1. The number of nitrogens with two attached hydrogens (primary N) is 1. The minimum Gasteiger partial charge on any atom is -0.465 e. The van der Waals surface area contributed by atoms with Crippen LogP contribution in [0.2, 0.25) is 0 Å². The number of halogens is 2. The Morgan fingerprint density at radius 2 is 1.34 bits per heavy atom. The summed E-state index contributed by atoms with van der Waals surface area (Å²) in [5, 5.41) is 11.2. The Hall–Kier alpha value is -2.73. The summed E-state index contributed by atoms with van der Waals surface area (Å²) in [4.78, 5) is 57.5. The molecule has 3 fully saturated rings. The number of nitrogen functional groups attached to an aromatic ring is 1. The van der Waals surface area contributed by atoms with E-state index in [0.717, 1.165) is 6.33 Å². The molecule has 2 unspecified atom stereocenters. The summed E-state index contributed by atoms with van der Waals surface area (Å²) in [5.74, 6) is -0.116. The number of carboxylic acid groups (broad SMARTS) is 1. The van der Waals surface area contributed by atoms with Crippen molar-refractivity contribution >= 4 is 78.8 Å². The van der Waals surface area contributed by atoms with Crippen LogP contribution in [0, 0.1) is 0 Å². The SMILES string of the molecule is Nc1ncnc2c1ncn2[C@@H]1O[C@@H]2CO[P+](O)(S)O[C@@H]3[C@H](F)[C@@H](CO[P+](O)(S)O[C@@H]1[C@@H]2F)O[C@H]3n1cnc2c(NC(=O)O)ncnc21. The summed E-state index contributed by atoms with van der Waals surface area (Å²) in [6.07, 6.45) is -9.87. The number of aromatic nitrogens is 8. The highest BCUT2D eigenvalue weighted by Crippen LogP contribution is 2.67. The molecule has 3 aliphatic heterocycles. The topological polar surface area (TPSA) is 258 Å². The molecular formula is C21H24F2N10O10P2S2+2. The molecule has 0 radical (unpaired) electrons. The van der Waals surface area contributed by atoms with E-state index in [1.54, 1.807) is 0 Å². The highest BCUT2D eigenvalue weighted by atomic mass is 32.7. The van der Waals surface area contributed by atoms with Crippen molar-refractivity contribution in [1.29, 1.82) is 0 Å². The third-order valence-corrected chi connectivity index (χ3v) is 10.6. The zero-order valence-electron chi connectivity index (χ0n) is 23.2. The second kappa shape index (κ2) is 12.3. The van der Waals surface area contributed by atoms with Gasteiger partial charge in [0.15, 0.2) is 65.5 Å². The van der Waals surface area contributed by atoms with Gasteiger partial charge in [-0.15, -0.1) is 0 Å². The Labute approximate surface area is 272 Å². The van der Waals surface area contributed by atoms with Crippen LogP contribution in [0.3, 0.4) is 0 Å². The Morgan fingerprint density at radius 3 is 1.87 bits per heavy atom. The lowest BCUT2D eigenvalue weighted by Gasteiger charge is -2.23. The Kier molecular flexibility index (Phi) is 8.59. The lowest BCUT2D eigenvalue weighted by Crippen LogP contribution is -2.35. The van der Waals surface area contributed by atoms with Crippen LogP contribution >= 0.6 is 38.8 Å². The predicted octanol–water partition coefficient (Wildman–Crippen LogP) is 1.83. The summed E-state index contributed by atoms with van der Waals surface area (Å²) in [7, 11) is -8.49. The van der Waals surface area contributed by atoms with Gasteiger partial charge in [-0.1, -0.05) is 0 Å². The first-order valence-corrected chi connectivity index (χ1v) is 18.8. The van der Waals surface area contributed by atoms with Crippen LogP contribution in [0.5, 0.6) is 0 Å². The average molecular weight is 741 g/mol. The number of anilines is 2. The van der Waals surface area contributed by atoms with E-state index in [1.807, 2.05) is 0 Å². The summed E-state index contributed by atoms with van der Waals surface area (Å²) in [6, 6.07) is 0. The molecule has 47 heavy (non-hydrogen) atoms. The monoisotopic (exact) mass is 740 g/mol. The molecule has 7 heterocycles. The number of amides is 1. The van der Waals surface area contributed by atoms with Gasteiger partial charge in [0.05, 0.1) is 37.2 Å². The molecular weight excluding hydrogens is 716 g/mol. The van der Waals surface area contributed by atoms with Crippen LogP contribution in [-0.2, 0) is 27.6 Å². The number of hydrogen-bond acceptors (Lipinski definition) is 18. The first-order valence-electron chi connectivity index (χ1n) is 13.4. The number of carbonyl (C=O) groups is 1. The molecule has 4 aromatic heterocycles. The van der Waals surface area contributed by atoms with Crippen molar-refractivity contribution in [2.75, 3.05) is 24.3 Å². The minimum absolute atomic E-state index is 0.00796. The van der Waals surface area contributed by atoms with E-state index < -0.39 is 82.8 Å². The van der Waals surface area contributed by atoms with Gasteiger partial charge in [0.2, 0.25) is 0 Å². The molecule has 4 aromatic rings. The zero-order chi connectivity index (χ0) is 33.2. The van der Waals surface area contributed by atoms with E-state index in [1.165, 1.54) is 28.1 Å². The summed E-state index contributed by atoms with van der Waals surface area (Å²) >= 11 is 8.20. The number of hydrogen-bond donors (Lipinski definition) is 7. The molecule has 7 rings (SSSR count). The number of imidazole rings is 2. The summed E-state index contributed by atoms with van der Waals surface area (Å²) in [6.45, 7) is -1.37. The molecule has 3 aliphatic rings. The van der Waals surface area contributed by atoms with Gasteiger partial charge >= 0.3 is 20.4 Å². The third-order valence-electron chi connectivity index (χ3n) is 7.38. The molecule has 4 bridgehead atoms. The number of fused-ring (bicyclic) bond motifs is 6. The number of nitrogens with one attached hydrogen (secondary N) is 1. The number of rotatable bonds is 3. The number of alkyl halides is 2. The van der Waals surface area contributed by atoms with Crippen LogP contribution in [0.1, 0.15) is 12.5 Å². The van der Waals surface area contributed by atoms with E-state index in [2.05, 4.69) is 59.7 Å². The molecule has 0 aromatic carbocycles. The number of nitrogens with zero attached hydrogens (tertiary/aromatic N) is 8. The van der Waals surface area contributed by atoms with Gasteiger partial charge in [-0.2, -0.15) is 27.9 Å². The maximum Gasteiger partial charge on any atom is 0.476 e. The minimum atomic E-state index is -4.26. The molecule has 0 saturated carbocycles. The van der Waals surface area contributed by atoms with Crippen molar-refractivity contribution in [2.24, 2.45) is 0 Å². The van der Waals surface area contributed by atoms with Gasteiger partial charge in [-0.05, 0) is 0 Å². The normalized spacial score (nSPS) is 36.5. The van der Waals surface area contributed by atoms with E-state index in [4.69, 9.17) is 38.4 Å². The molecule has 0 aliphatic carbocycles. The van der Waals surface area contributed by atoms with Crippen LogP contribution in [-0.4, -0.2) is 110 Å².